The van der Waals surface area contributed by atoms with Gasteiger partial charge in [0.05, 0.1) is 0 Å². The molecule has 2 aliphatic rings. The van der Waals surface area contributed by atoms with Gasteiger partial charge in [-0.15, -0.1) is 0 Å². The number of hydrogen-bond acceptors (Lipinski definition) is 0. The molecule has 0 saturated carbocycles. The minimum atomic E-state index is -5.63. The van der Waals surface area contributed by atoms with E-state index in [-0.39, 0.29) is 17.2 Å². The molecule has 52 heavy (non-hydrogen) atoms. The van der Waals surface area contributed by atoms with Gasteiger partial charge in [-0.2, -0.15) is 0 Å². The first-order valence-electron chi connectivity index (χ1n) is 19.9. The fourth-order valence-electron chi connectivity index (χ4n) is 11.3. The van der Waals surface area contributed by atoms with E-state index in [4.69, 9.17) is 0 Å². The first kappa shape index (κ1) is 39.1. The molecule has 0 amide bonds. The zero-order valence-corrected chi connectivity index (χ0v) is 40.6. The number of benzene rings is 4. The van der Waals surface area contributed by atoms with Crippen LogP contribution in [0.5, 0.6) is 0 Å². The molecule has 2 aliphatic carbocycles. The molecule has 0 radical (unpaired) electrons. The molecule has 0 saturated heterocycles. The summed E-state index contributed by atoms with van der Waals surface area (Å²) in [7, 11) is 0. The van der Waals surface area contributed by atoms with Gasteiger partial charge < -0.3 is 0 Å². The van der Waals surface area contributed by atoms with Crippen LogP contribution in [0.3, 0.4) is 0 Å². The van der Waals surface area contributed by atoms with Crippen molar-refractivity contribution in [2.75, 3.05) is 0 Å². The third-order valence-corrected chi connectivity index (χ3v) is 112. The molecule has 276 valence electrons. The Morgan fingerprint density at radius 3 is 1.12 bits per heavy atom. The van der Waals surface area contributed by atoms with Crippen LogP contribution in [-0.4, -0.2) is 6.94 Å². The fraction of sp³-hybridized carbons (Fsp3) is 0.440. The Labute approximate surface area is 313 Å². The van der Waals surface area contributed by atoms with Crippen molar-refractivity contribution in [1.29, 1.82) is 0 Å². The van der Waals surface area contributed by atoms with Gasteiger partial charge in [0.15, 0.2) is 0 Å². The van der Waals surface area contributed by atoms with Crippen LogP contribution in [0.2, 0.25) is 15.7 Å². The van der Waals surface area contributed by atoms with Gasteiger partial charge in [-0.05, 0) is 0 Å². The predicted octanol–water partition coefficient (Wildman–Crippen LogP) is 14.9. The van der Waals surface area contributed by atoms with Crippen molar-refractivity contribution >= 4 is 19.1 Å². The molecule has 0 bridgehead atoms. The summed E-state index contributed by atoms with van der Waals surface area (Å²) in [5.41, 5.74) is 17.1. The van der Waals surface area contributed by atoms with Crippen LogP contribution in [0, 0.1) is 13.8 Å². The van der Waals surface area contributed by atoms with Crippen LogP contribution in [-0.2, 0) is 25.0 Å². The van der Waals surface area contributed by atoms with Gasteiger partial charge in [0, 0.05) is 0 Å². The Morgan fingerprint density at radius 2 is 0.827 bits per heavy atom. The zero-order valence-electron chi connectivity index (χ0n) is 35.6. The first-order chi connectivity index (χ1) is 23.5. The zero-order chi connectivity index (χ0) is 38.8. The second-order valence-corrected chi connectivity index (χ2v) is 98.5. The minimum absolute atomic E-state index is 0.00842. The molecule has 6 rings (SSSR count). The quantitative estimate of drug-likeness (QED) is 0.179. The van der Waals surface area contributed by atoms with E-state index >= 15 is 0 Å². The van der Waals surface area contributed by atoms with Crippen LogP contribution in [0.15, 0.2) is 84.9 Å². The van der Waals surface area contributed by atoms with Gasteiger partial charge in [0.2, 0.25) is 0 Å². The van der Waals surface area contributed by atoms with Crippen LogP contribution in [0.25, 0.3) is 34.4 Å². The Morgan fingerprint density at radius 1 is 0.481 bits per heavy atom. The average Bonchev–Trinajstić information content (AvgIpc) is 3.66. The van der Waals surface area contributed by atoms with E-state index in [0.29, 0.717) is 7.35 Å². The summed E-state index contributed by atoms with van der Waals surface area (Å²) in [6.45, 7) is 36.7. The van der Waals surface area contributed by atoms with Crippen molar-refractivity contribution in [2.24, 2.45) is 0 Å². The summed E-state index contributed by atoms with van der Waals surface area (Å²) in [5, 5.41) is 0. The monoisotopic (exact) mass is 876 g/mol. The van der Waals surface area contributed by atoms with Crippen molar-refractivity contribution in [3.8, 4) is 22.3 Å². The molecule has 4 aromatic carbocycles. The summed E-state index contributed by atoms with van der Waals surface area (Å²) in [6.07, 6.45) is 10.4. The molecule has 0 heterocycles. The summed E-state index contributed by atoms with van der Waals surface area (Å²) in [5.74, 6) is 0. The second kappa shape index (κ2) is 10.8. The van der Waals surface area contributed by atoms with Crippen LogP contribution < -0.4 is 0 Å². The Bertz CT molecular complexity index is 2180. The topological polar surface area (TPSA) is 0 Å². The van der Waals surface area contributed by atoms with Gasteiger partial charge in [-0.1, -0.05) is 0 Å². The number of allylic oxidation sites excluding steroid dienone is 2. The van der Waals surface area contributed by atoms with E-state index in [9.17, 15) is 0 Å². The van der Waals surface area contributed by atoms with E-state index in [1.54, 1.807) is 0 Å². The van der Waals surface area contributed by atoms with E-state index in [0.717, 1.165) is 0 Å². The Balaban J connectivity index is 1.64. The van der Waals surface area contributed by atoms with Crippen LogP contribution >= 0.6 is 0 Å². The molecule has 0 nitrogen and oxygen atoms in total. The number of hydrogen-bond donors (Lipinski definition) is 0. The third-order valence-electron chi connectivity index (χ3n) is 17.8. The molecular weight excluding hydrogens is 807 g/mol. The Hall–Kier alpha value is -2.55. The molecule has 2 heteroatoms. The fourth-order valence-corrected chi connectivity index (χ4v) is 58.1. The normalized spacial score (nSPS) is 19.8. The number of rotatable bonds is 4. The van der Waals surface area contributed by atoms with Crippen molar-refractivity contribution < 1.29 is 14.2 Å². The Kier molecular flexibility index (Phi) is 8.14. The first-order valence-corrected chi connectivity index (χ1v) is 43.1. The molecule has 0 aliphatic heterocycles. The van der Waals surface area contributed by atoms with E-state index in [2.05, 4.69) is 210 Å². The van der Waals surface area contributed by atoms with Gasteiger partial charge in [-0.25, -0.2) is 0 Å². The summed E-state index contributed by atoms with van der Waals surface area (Å²) >= 11 is -5.63. The molecule has 2 unspecified atom stereocenters. The summed E-state index contributed by atoms with van der Waals surface area (Å²) in [4.78, 5) is 0. The van der Waals surface area contributed by atoms with Crippen LogP contribution in [0.4, 0.5) is 0 Å². The van der Waals surface area contributed by atoms with Gasteiger partial charge >= 0.3 is 316 Å². The summed E-state index contributed by atoms with van der Waals surface area (Å²) < 4.78 is 6.45. The van der Waals surface area contributed by atoms with Crippen molar-refractivity contribution in [3.05, 3.63) is 129 Å². The van der Waals surface area contributed by atoms with Crippen molar-refractivity contribution in [3.63, 3.8) is 0 Å². The number of aryl methyl sites for hydroxylation is 2. The molecular formula is C50H68HfSi. The van der Waals surface area contributed by atoms with Crippen molar-refractivity contribution in [2.45, 2.75) is 131 Å². The summed E-state index contributed by atoms with van der Waals surface area (Å²) in [6, 6.07) is 28.7. The maximum absolute atomic E-state index is 5.63. The molecule has 0 fully saturated rings. The van der Waals surface area contributed by atoms with Gasteiger partial charge in [0.1, 0.15) is 0 Å². The standard InChI is InChI=1S/2C20H21.2C4H9.2CH3.Hf.H2Si/c2*1-14-13-16(20(2,3)4)11-12-17(14)19-10-6-8-15-7-5-9-18(15)19;2*1-4(2)3;;;;/h2*5-13H,1-4H3;2*1-3H3;2*1H3;;1H2. The molecule has 4 aromatic rings. The van der Waals surface area contributed by atoms with Crippen molar-refractivity contribution in [1.82, 2.24) is 0 Å². The van der Waals surface area contributed by atoms with E-state index in [1.165, 1.54) is 66.8 Å². The molecule has 0 spiro atoms. The van der Waals surface area contributed by atoms with Gasteiger partial charge in [-0.3, -0.25) is 0 Å². The molecule has 0 N–H and O–H groups in total. The predicted molar refractivity (Wildman–Crippen MR) is 234 cm³/mol. The molecule has 2 atom stereocenters. The van der Waals surface area contributed by atoms with E-state index in [1.807, 2.05) is 0 Å². The SMILES string of the molecule is Cc1cc(C(C)(C)C)ccc1-c1cccc2c1C=C[CH]2[Hf]([CH3])([CH3])(=[SiH2])([CH]1C=Cc2c(-c3ccc(C(C)(C)C)cc3C)cccc21)([C](C)(C)C)[C](C)(C)C. The second-order valence-electron chi connectivity index (χ2n) is 23.3. The average molecular weight is 876 g/mol. The van der Waals surface area contributed by atoms with Crippen LogP contribution in [0.1, 0.15) is 135 Å². The van der Waals surface area contributed by atoms with Gasteiger partial charge in [0.25, 0.3) is 0 Å². The van der Waals surface area contributed by atoms with E-state index < -0.39 is 14.2 Å². The third kappa shape index (κ3) is 4.58. The maximum atomic E-state index is 2.91. The number of fused-ring (bicyclic) bond motifs is 2. The molecule has 0 aromatic heterocycles.